The van der Waals surface area contributed by atoms with Crippen LogP contribution in [-0.2, 0) is 15.7 Å². The number of isocyanates is 1. The highest BCUT2D eigenvalue weighted by Crippen LogP contribution is 1.53. The van der Waals surface area contributed by atoms with Crippen LogP contribution in [-0.4, -0.2) is 14.5 Å². The fourth-order valence-corrected chi connectivity index (χ4v) is 0.100. The molecular weight excluding hydrogens is 142 g/mol. The Morgan fingerprint density at radius 1 is 1.43 bits per heavy atom. The van der Waals surface area contributed by atoms with Gasteiger partial charge in [-0.15, -0.1) is 12.4 Å². The third-order valence-corrected chi connectivity index (χ3v) is 0.367. The predicted molar refractivity (Wildman–Crippen MR) is 25.7 cm³/mol. The van der Waals surface area contributed by atoms with E-state index in [0.29, 0.717) is 0 Å². The van der Waals surface area contributed by atoms with Gasteiger partial charge in [-0.05, 0) is 0 Å². The van der Waals surface area contributed by atoms with Crippen LogP contribution in [0.5, 0.6) is 0 Å². The molecule has 0 saturated heterocycles. The van der Waals surface area contributed by atoms with Crippen molar-refractivity contribution >= 4 is 29.4 Å². The summed E-state index contributed by atoms with van der Waals surface area (Å²) in [6.07, 6.45) is 0.846. The Kier molecular flexibility index (Phi) is 7.86. The summed E-state index contributed by atoms with van der Waals surface area (Å²) >= 11 is 0. The highest BCUT2D eigenvalue weighted by atomic mass is 35.5. The van der Waals surface area contributed by atoms with Gasteiger partial charge in [0.2, 0.25) is 0 Å². The fraction of sp³-hybridized carbons (Fsp3) is 0. The highest BCUT2D eigenvalue weighted by molar-refractivity contribution is 7.71. The van der Waals surface area contributed by atoms with Crippen LogP contribution in [0, 0.1) is 0 Å². The molecule has 0 atom stereocenters. The van der Waals surface area contributed by atoms with Gasteiger partial charge in [-0.2, -0.15) is 0 Å². The molecule has 0 rings (SSSR count). The van der Waals surface area contributed by atoms with Gasteiger partial charge in [0.25, 0.3) is 17.0 Å². The maximum absolute atomic E-state index is 9.21. The quantitative estimate of drug-likeness (QED) is 0.299. The SMILES string of the molecule is Cl.O=C=N[SH](=O)=O. The molecule has 0 aliphatic carbocycles. The maximum atomic E-state index is 9.21. The minimum atomic E-state index is -2.90. The molecule has 0 aromatic heterocycles. The second-order valence-corrected chi connectivity index (χ2v) is 1.10. The maximum Gasteiger partial charge on any atom is 0.253 e. The molecule has 0 aromatic rings. The van der Waals surface area contributed by atoms with Crippen molar-refractivity contribution in [3.63, 3.8) is 0 Å². The minimum absolute atomic E-state index is 0. The first-order valence-electron chi connectivity index (χ1n) is 0.993. The summed E-state index contributed by atoms with van der Waals surface area (Å²) in [5, 5.41) is 0. The second kappa shape index (κ2) is 5.62. The monoisotopic (exact) mass is 143 g/mol. The van der Waals surface area contributed by atoms with Gasteiger partial charge in [-0.3, -0.25) is 0 Å². The molecule has 0 aromatic carbocycles. The number of halogens is 1. The van der Waals surface area contributed by atoms with Crippen LogP contribution in [0.25, 0.3) is 0 Å². The van der Waals surface area contributed by atoms with E-state index in [1.807, 2.05) is 0 Å². The lowest BCUT2D eigenvalue weighted by molar-refractivity contribution is 0.565. The topological polar surface area (TPSA) is 63.6 Å². The molecule has 0 saturated carbocycles. The first-order chi connectivity index (χ1) is 2.77. The van der Waals surface area contributed by atoms with Crippen molar-refractivity contribution in [3.05, 3.63) is 0 Å². The van der Waals surface area contributed by atoms with Crippen LogP contribution in [0.15, 0.2) is 4.40 Å². The molecule has 0 heterocycles. The highest BCUT2D eigenvalue weighted by Gasteiger charge is 1.61. The average molecular weight is 144 g/mol. The predicted octanol–water partition coefficient (Wildman–Crippen LogP) is -0.730. The molecule has 7 heavy (non-hydrogen) atoms. The van der Waals surface area contributed by atoms with Crippen molar-refractivity contribution in [2.45, 2.75) is 0 Å². The van der Waals surface area contributed by atoms with E-state index in [2.05, 4.69) is 4.40 Å². The molecule has 0 N–H and O–H groups in total. The van der Waals surface area contributed by atoms with Gasteiger partial charge in [-0.25, -0.2) is 13.2 Å². The second-order valence-electron chi connectivity index (χ2n) is 0.429. The van der Waals surface area contributed by atoms with Crippen molar-refractivity contribution in [2.75, 3.05) is 0 Å². The van der Waals surface area contributed by atoms with E-state index < -0.39 is 10.9 Å². The van der Waals surface area contributed by atoms with E-state index >= 15 is 0 Å². The largest absolute Gasteiger partial charge is 0.253 e. The molecule has 0 unspecified atom stereocenters. The average Bonchev–Trinajstić information content (AvgIpc) is 1.35. The Balaban J connectivity index is 0. The molecule has 0 amide bonds. The Bertz CT molecular complexity index is 137. The molecule has 0 aliphatic heterocycles. The van der Waals surface area contributed by atoms with E-state index in [4.69, 9.17) is 4.79 Å². The molecule has 0 spiro atoms. The summed E-state index contributed by atoms with van der Waals surface area (Å²) in [6, 6.07) is 0. The fourth-order valence-electron chi connectivity index (χ4n) is 0.0333. The third-order valence-electron chi connectivity index (χ3n) is 0.122. The Morgan fingerprint density at radius 2 is 1.86 bits per heavy atom. The van der Waals surface area contributed by atoms with Crippen molar-refractivity contribution < 1.29 is 13.2 Å². The standard InChI is InChI=1S/CHNO3S.ClH/c3-1-2-6(4)5;/h6H;1H. The number of rotatable bonds is 1. The summed E-state index contributed by atoms with van der Waals surface area (Å²) < 4.78 is 20.7. The van der Waals surface area contributed by atoms with Gasteiger partial charge in [-0.1, -0.05) is 4.40 Å². The summed E-state index contributed by atoms with van der Waals surface area (Å²) in [4.78, 5) is 8.94. The van der Waals surface area contributed by atoms with E-state index in [0.717, 1.165) is 6.08 Å². The zero-order chi connectivity index (χ0) is 4.99. The Morgan fingerprint density at radius 3 is 1.86 bits per heavy atom. The minimum Gasteiger partial charge on any atom is -0.210 e. The molecule has 0 bridgehead atoms. The Labute approximate surface area is 47.7 Å². The van der Waals surface area contributed by atoms with Gasteiger partial charge in [0.05, 0.1) is 0 Å². The molecule has 0 aliphatic rings. The summed E-state index contributed by atoms with van der Waals surface area (Å²) in [6.45, 7) is 0. The van der Waals surface area contributed by atoms with E-state index in [1.165, 1.54) is 0 Å². The lowest BCUT2D eigenvalue weighted by Gasteiger charge is -1.49. The lowest BCUT2D eigenvalue weighted by Crippen LogP contribution is -1.59. The molecule has 4 nitrogen and oxygen atoms in total. The summed E-state index contributed by atoms with van der Waals surface area (Å²) in [5.74, 6) is 0. The lowest BCUT2D eigenvalue weighted by atomic mass is 11.7. The van der Waals surface area contributed by atoms with Crippen LogP contribution in [0.1, 0.15) is 0 Å². The number of thiol groups is 1. The van der Waals surface area contributed by atoms with Gasteiger partial charge >= 0.3 is 0 Å². The first-order valence-corrected chi connectivity index (χ1v) is 2.12. The number of nitrogens with zero attached hydrogens (tertiary/aromatic N) is 1. The van der Waals surface area contributed by atoms with Crippen LogP contribution in [0.2, 0.25) is 0 Å². The van der Waals surface area contributed by atoms with Gasteiger partial charge in [0, 0.05) is 0 Å². The van der Waals surface area contributed by atoms with Crippen LogP contribution >= 0.6 is 12.4 Å². The van der Waals surface area contributed by atoms with Crippen molar-refractivity contribution in [2.24, 2.45) is 4.40 Å². The zero-order valence-corrected chi connectivity index (χ0v) is 4.74. The number of hydrogen-bond donors (Lipinski definition) is 1. The zero-order valence-electron chi connectivity index (χ0n) is 3.03. The van der Waals surface area contributed by atoms with Gasteiger partial charge in [0.1, 0.15) is 0 Å². The number of carbonyl (C=O) groups excluding carboxylic acids is 1. The molecule has 6 heteroatoms. The smallest absolute Gasteiger partial charge is 0.210 e. The molecule has 0 fully saturated rings. The number of hydrogen-bond acceptors (Lipinski definition) is 3. The summed E-state index contributed by atoms with van der Waals surface area (Å²) in [7, 11) is -2.90. The van der Waals surface area contributed by atoms with Gasteiger partial charge < -0.3 is 0 Å². The molecular formula is CH2ClNO3S. The van der Waals surface area contributed by atoms with E-state index in [-0.39, 0.29) is 12.4 Å². The van der Waals surface area contributed by atoms with Crippen LogP contribution in [0.3, 0.4) is 0 Å². The van der Waals surface area contributed by atoms with Crippen molar-refractivity contribution in [1.29, 1.82) is 0 Å². The third kappa shape index (κ3) is 10.7. The van der Waals surface area contributed by atoms with Gasteiger partial charge in [0.15, 0.2) is 0 Å². The van der Waals surface area contributed by atoms with E-state index in [1.54, 1.807) is 0 Å². The van der Waals surface area contributed by atoms with Crippen molar-refractivity contribution in [1.82, 2.24) is 0 Å². The summed E-state index contributed by atoms with van der Waals surface area (Å²) in [5.41, 5.74) is 0. The van der Waals surface area contributed by atoms with Crippen LogP contribution in [0.4, 0.5) is 0 Å². The Hall–Kier alpha value is -0.380. The first kappa shape index (κ1) is 9.80. The van der Waals surface area contributed by atoms with Crippen molar-refractivity contribution in [3.8, 4) is 0 Å². The van der Waals surface area contributed by atoms with E-state index in [9.17, 15) is 8.42 Å². The normalized spacial score (nSPS) is 6.43. The molecule has 42 valence electrons. The van der Waals surface area contributed by atoms with Crippen LogP contribution < -0.4 is 0 Å². The molecule has 0 radical (unpaired) electrons.